The summed E-state index contributed by atoms with van der Waals surface area (Å²) in [5.41, 5.74) is 3.96. The second-order valence-electron chi connectivity index (χ2n) is 6.48. The Bertz CT molecular complexity index is 913. The van der Waals surface area contributed by atoms with Crippen molar-refractivity contribution in [1.82, 2.24) is 9.47 Å². The summed E-state index contributed by atoms with van der Waals surface area (Å²) < 4.78 is 7.74. The molecule has 0 fully saturated rings. The normalized spacial score (nSPS) is 10.9. The van der Waals surface area contributed by atoms with E-state index in [1.54, 1.807) is 4.90 Å². The lowest BCUT2D eigenvalue weighted by atomic mass is 10.1. The molecule has 4 nitrogen and oxygen atoms in total. The minimum absolute atomic E-state index is 0.0439. The van der Waals surface area contributed by atoms with Crippen LogP contribution in [0, 0.1) is 6.92 Å². The minimum atomic E-state index is 0.0439. The summed E-state index contributed by atoms with van der Waals surface area (Å²) in [5, 5.41) is 1.08. The first-order valence-corrected chi connectivity index (χ1v) is 9.11. The van der Waals surface area contributed by atoms with E-state index < -0.39 is 0 Å². The fourth-order valence-electron chi connectivity index (χ4n) is 3.47. The average Bonchev–Trinajstić information content (AvgIpc) is 2.93. The van der Waals surface area contributed by atoms with Crippen molar-refractivity contribution in [3.63, 3.8) is 0 Å². The summed E-state index contributed by atoms with van der Waals surface area (Å²) in [6.45, 7) is 8.04. The molecular formula is C22H26N2O2. The van der Waals surface area contributed by atoms with Crippen molar-refractivity contribution in [3.8, 4) is 5.75 Å². The molecule has 0 aliphatic rings. The van der Waals surface area contributed by atoms with Crippen molar-refractivity contribution in [3.05, 3.63) is 65.4 Å². The van der Waals surface area contributed by atoms with Crippen molar-refractivity contribution in [2.45, 2.75) is 33.9 Å². The third-order valence-corrected chi connectivity index (χ3v) is 4.73. The summed E-state index contributed by atoms with van der Waals surface area (Å²) in [5.74, 6) is 0.885. The number of amides is 1. The topological polar surface area (TPSA) is 34.5 Å². The Labute approximate surface area is 155 Å². The molecule has 3 aromatic rings. The van der Waals surface area contributed by atoms with Crippen LogP contribution in [0.15, 0.2) is 48.5 Å². The molecule has 0 N–H and O–H groups in total. The Balaban J connectivity index is 2.00. The van der Waals surface area contributed by atoms with Crippen LogP contribution in [-0.2, 0) is 13.1 Å². The van der Waals surface area contributed by atoms with Gasteiger partial charge in [-0.3, -0.25) is 4.79 Å². The maximum Gasteiger partial charge on any atom is 0.270 e. The van der Waals surface area contributed by atoms with Crippen molar-refractivity contribution in [1.29, 1.82) is 0 Å². The smallest absolute Gasteiger partial charge is 0.270 e. The van der Waals surface area contributed by atoms with Crippen molar-refractivity contribution in [2.75, 3.05) is 13.7 Å². The van der Waals surface area contributed by atoms with Gasteiger partial charge >= 0.3 is 0 Å². The van der Waals surface area contributed by atoms with Gasteiger partial charge in [0.15, 0.2) is 0 Å². The van der Waals surface area contributed by atoms with Crippen LogP contribution < -0.4 is 4.74 Å². The van der Waals surface area contributed by atoms with E-state index in [9.17, 15) is 4.79 Å². The highest BCUT2D eigenvalue weighted by Gasteiger charge is 2.22. The number of aromatic nitrogens is 1. The number of carbonyl (C=O) groups is 1. The molecule has 136 valence electrons. The van der Waals surface area contributed by atoms with E-state index in [0.717, 1.165) is 40.0 Å². The van der Waals surface area contributed by atoms with Crippen LogP contribution in [0.1, 0.15) is 35.5 Å². The van der Waals surface area contributed by atoms with Crippen LogP contribution in [0.2, 0.25) is 0 Å². The standard InChI is InChI=1S/C22H26N2O2/c1-5-24-20-13-12-18(26-6-2)14-19(20)16(3)21(24)22(25)23(4)15-17-10-8-7-9-11-17/h7-14H,5-6,15H2,1-4H3. The average molecular weight is 350 g/mol. The monoisotopic (exact) mass is 350 g/mol. The van der Waals surface area contributed by atoms with Gasteiger partial charge in [0.1, 0.15) is 11.4 Å². The van der Waals surface area contributed by atoms with E-state index in [1.165, 1.54) is 0 Å². The highest BCUT2D eigenvalue weighted by molar-refractivity contribution is 6.01. The van der Waals surface area contributed by atoms with Crippen LogP contribution in [0.25, 0.3) is 10.9 Å². The lowest BCUT2D eigenvalue weighted by Crippen LogP contribution is -2.28. The van der Waals surface area contributed by atoms with Crippen LogP contribution in [0.5, 0.6) is 5.75 Å². The number of aryl methyl sites for hydroxylation is 2. The number of benzene rings is 2. The van der Waals surface area contributed by atoms with Gasteiger partial charge in [-0.2, -0.15) is 0 Å². The van der Waals surface area contributed by atoms with Gasteiger partial charge in [0.25, 0.3) is 5.91 Å². The zero-order chi connectivity index (χ0) is 18.7. The summed E-state index contributed by atoms with van der Waals surface area (Å²) in [6, 6.07) is 16.1. The summed E-state index contributed by atoms with van der Waals surface area (Å²) in [7, 11) is 1.86. The van der Waals surface area contributed by atoms with Gasteiger partial charge in [-0.05, 0) is 50.1 Å². The van der Waals surface area contributed by atoms with Crippen molar-refractivity contribution >= 4 is 16.8 Å². The maximum absolute atomic E-state index is 13.2. The van der Waals surface area contributed by atoms with E-state index in [4.69, 9.17) is 4.74 Å². The summed E-state index contributed by atoms with van der Waals surface area (Å²) in [6.07, 6.45) is 0. The zero-order valence-corrected chi connectivity index (χ0v) is 16.0. The summed E-state index contributed by atoms with van der Waals surface area (Å²) >= 11 is 0. The van der Waals surface area contributed by atoms with E-state index in [0.29, 0.717) is 13.2 Å². The minimum Gasteiger partial charge on any atom is -0.494 e. The van der Waals surface area contributed by atoms with Crippen LogP contribution in [-0.4, -0.2) is 29.0 Å². The lowest BCUT2D eigenvalue weighted by molar-refractivity contribution is 0.0774. The molecule has 3 rings (SSSR count). The number of hydrogen-bond acceptors (Lipinski definition) is 2. The fourth-order valence-corrected chi connectivity index (χ4v) is 3.47. The van der Waals surface area contributed by atoms with Gasteiger partial charge in [0, 0.05) is 31.0 Å². The molecule has 0 bridgehead atoms. The van der Waals surface area contributed by atoms with Gasteiger partial charge in [0.05, 0.1) is 6.61 Å². The lowest BCUT2D eigenvalue weighted by Gasteiger charge is -2.19. The predicted octanol–water partition coefficient (Wildman–Crippen LogP) is 4.64. The number of ether oxygens (including phenoxy) is 1. The quantitative estimate of drug-likeness (QED) is 0.649. The Morgan fingerprint density at radius 1 is 1.12 bits per heavy atom. The largest absolute Gasteiger partial charge is 0.494 e. The van der Waals surface area contributed by atoms with Crippen LogP contribution in [0.4, 0.5) is 0 Å². The van der Waals surface area contributed by atoms with E-state index in [1.807, 2.05) is 69.4 Å². The van der Waals surface area contributed by atoms with Gasteiger partial charge in [0.2, 0.25) is 0 Å². The molecular weight excluding hydrogens is 324 g/mol. The molecule has 0 unspecified atom stereocenters. The van der Waals surface area contributed by atoms with Crippen molar-refractivity contribution < 1.29 is 9.53 Å². The Morgan fingerprint density at radius 2 is 1.85 bits per heavy atom. The molecule has 0 spiro atoms. The molecule has 0 atom stereocenters. The maximum atomic E-state index is 13.2. The molecule has 1 aromatic heterocycles. The molecule has 0 aliphatic carbocycles. The van der Waals surface area contributed by atoms with Crippen molar-refractivity contribution in [2.24, 2.45) is 0 Å². The van der Waals surface area contributed by atoms with E-state index in [2.05, 4.69) is 11.5 Å². The number of hydrogen-bond donors (Lipinski definition) is 0. The molecule has 0 aliphatic heterocycles. The summed E-state index contributed by atoms with van der Waals surface area (Å²) in [4.78, 5) is 15.0. The third-order valence-electron chi connectivity index (χ3n) is 4.73. The zero-order valence-electron chi connectivity index (χ0n) is 16.0. The Kier molecular flexibility index (Phi) is 5.31. The number of nitrogens with zero attached hydrogens (tertiary/aromatic N) is 2. The molecule has 0 saturated heterocycles. The Hall–Kier alpha value is -2.75. The predicted molar refractivity (Wildman–Crippen MR) is 106 cm³/mol. The molecule has 2 aromatic carbocycles. The highest BCUT2D eigenvalue weighted by atomic mass is 16.5. The molecule has 26 heavy (non-hydrogen) atoms. The van der Waals surface area contributed by atoms with E-state index >= 15 is 0 Å². The van der Waals surface area contributed by atoms with Gasteiger partial charge in [-0.25, -0.2) is 0 Å². The number of fused-ring (bicyclic) bond motifs is 1. The second kappa shape index (κ2) is 7.65. The second-order valence-corrected chi connectivity index (χ2v) is 6.48. The fraction of sp³-hybridized carbons (Fsp3) is 0.318. The first-order chi connectivity index (χ1) is 12.6. The molecule has 1 heterocycles. The van der Waals surface area contributed by atoms with Gasteiger partial charge in [-0.1, -0.05) is 30.3 Å². The Morgan fingerprint density at radius 3 is 2.50 bits per heavy atom. The van der Waals surface area contributed by atoms with Crippen LogP contribution >= 0.6 is 0 Å². The first-order valence-electron chi connectivity index (χ1n) is 9.11. The SMILES string of the molecule is CCOc1ccc2c(c1)c(C)c(C(=O)N(C)Cc1ccccc1)n2CC. The third kappa shape index (κ3) is 3.32. The molecule has 0 radical (unpaired) electrons. The molecule has 1 amide bonds. The highest BCUT2D eigenvalue weighted by Crippen LogP contribution is 2.30. The van der Waals surface area contributed by atoms with Gasteiger partial charge < -0.3 is 14.2 Å². The van der Waals surface area contributed by atoms with E-state index in [-0.39, 0.29) is 5.91 Å². The van der Waals surface area contributed by atoms with Crippen LogP contribution in [0.3, 0.4) is 0 Å². The molecule has 4 heteroatoms. The number of carbonyl (C=O) groups excluding carboxylic acids is 1. The number of rotatable bonds is 6. The molecule has 0 saturated carbocycles. The van der Waals surface area contributed by atoms with Gasteiger partial charge in [-0.15, -0.1) is 0 Å². The first kappa shape index (κ1) is 18.1.